The number of ether oxygens (including phenoxy) is 1. The Morgan fingerprint density at radius 2 is 1.81 bits per heavy atom. The lowest BCUT2D eigenvalue weighted by Crippen LogP contribution is -2.43. The summed E-state index contributed by atoms with van der Waals surface area (Å²) >= 11 is 0. The van der Waals surface area contributed by atoms with Crippen LogP contribution in [0.2, 0.25) is 0 Å². The Hall–Kier alpha value is -3.26. The lowest BCUT2D eigenvalue weighted by Gasteiger charge is -2.23. The van der Waals surface area contributed by atoms with Crippen molar-refractivity contribution in [1.29, 1.82) is 0 Å². The number of aliphatic hydroxyl groups excluding tert-OH is 1. The summed E-state index contributed by atoms with van der Waals surface area (Å²) in [6.45, 7) is 1.87. The Bertz CT molecular complexity index is 980. The molecule has 0 aliphatic carbocycles. The molecule has 0 aromatic heterocycles. The van der Waals surface area contributed by atoms with E-state index in [0.717, 1.165) is 11.1 Å². The Kier molecular flexibility index (Phi) is 7.94. The molecule has 2 aromatic rings. The van der Waals surface area contributed by atoms with Gasteiger partial charge in [0, 0.05) is 19.5 Å². The van der Waals surface area contributed by atoms with Gasteiger partial charge in [-0.2, -0.15) is 0 Å². The average molecular weight is 442 g/mol. The molecule has 1 aliphatic heterocycles. The van der Waals surface area contributed by atoms with Crippen molar-refractivity contribution < 1.29 is 28.6 Å². The normalized spacial score (nSPS) is 17.8. The summed E-state index contributed by atoms with van der Waals surface area (Å²) in [4.78, 5) is 38.3. The standard InChI is InChI=1S/C24H27FN2O5/c1-16-6-2-3-7-17(16)10-11-26-22(29)15-32-24(31)21-13-19(28)14-27(21)23(30)12-18-8-4-5-9-20(18)25/h2-9,19,21,28H,10-15H2,1H3,(H,26,29). The number of β-amino-alcohol motifs (C(OH)–C–C–N with tert-alkyl or cyclic N) is 1. The second kappa shape index (κ2) is 10.9. The molecule has 2 amide bonds. The van der Waals surface area contributed by atoms with Crippen LogP contribution >= 0.6 is 0 Å². The molecule has 0 spiro atoms. The van der Waals surface area contributed by atoms with E-state index in [2.05, 4.69) is 5.32 Å². The number of aryl methyl sites for hydroxylation is 1. The molecule has 170 valence electrons. The number of esters is 1. The van der Waals surface area contributed by atoms with Crippen LogP contribution in [0.4, 0.5) is 4.39 Å². The molecular weight excluding hydrogens is 415 g/mol. The number of carbonyl (C=O) groups excluding carboxylic acids is 3. The number of hydrogen-bond acceptors (Lipinski definition) is 5. The topological polar surface area (TPSA) is 95.9 Å². The monoisotopic (exact) mass is 442 g/mol. The molecule has 3 rings (SSSR count). The number of amides is 2. The van der Waals surface area contributed by atoms with Crippen LogP contribution in [0.25, 0.3) is 0 Å². The van der Waals surface area contributed by atoms with Crippen molar-refractivity contribution in [3.05, 3.63) is 71.0 Å². The van der Waals surface area contributed by atoms with Gasteiger partial charge in [0.25, 0.3) is 5.91 Å². The Labute approximate surface area is 186 Å². The fourth-order valence-electron chi connectivity index (χ4n) is 3.73. The first-order chi connectivity index (χ1) is 15.3. The van der Waals surface area contributed by atoms with Crippen molar-refractivity contribution >= 4 is 17.8 Å². The highest BCUT2D eigenvalue weighted by molar-refractivity contribution is 5.88. The van der Waals surface area contributed by atoms with Crippen molar-refractivity contribution in [1.82, 2.24) is 10.2 Å². The maximum atomic E-state index is 13.9. The van der Waals surface area contributed by atoms with E-state index in [-0.39, 0.29) is 24.9 Å². The van der Waals surface area contributed by atoms with E-state index in [1.807, 2.05) is 31.2 Å². The van der Waals surface area contributed by atoms with Gasteiger partial charge in [-0.1, -0.05) is 42.5 Å². The van der Waals surface area contributed by atoms with Gasteiger partial charge in [-0.25, -0.2) is 9.18 Å². The van der Waals surface area contributed by atoms with Gasteiger partial charge in [-0.05, 0) is 36.1 Å². The summed E-state index contributed by atoms with van der Waals surface area (Å²) in [5.74, 6) is -2.22. The van der Waals surface area contributed by atoms with Crippen LogP contribution in [0.3, 0.4) is 0 Å². The lowest BCUT2D eigenvalue weighted by atomic mass is 10.1. The first-order valence-electron chi connectivity index (χ1n) is 10.5. The second-order valence-electron chi connectivity index (χ2n) is 7.85. The molecule has 8 heteroatoms. The molecule has 32 heavy (non-hydrogen) atoms. The highest BCUT2D eigenvalue weighted by Gasteiger charge is 2.40. The zero-order chi connectivity index (χ0) is 23.1. The van der Waals surface area contributed by atoms with Crippen LogP contribution in [0.15, 0.2) is 48.5 Å². The summed E-state index contributed by atoms with van der Waals surface area (Å²) in [5.41, 5.74) is 2.46. The van der Waals surface area contributed by atoms with Gasteiger partial charge in [0.15, 0.2) is 6.61 Å². The third-order valence-corrected chi connectivity index (χ3v) is 5.49. The number of nitrogens with one attached hydrogen (secondary N) is 1. The van der Waals surface area contributed by atoms with E-state index in [4.69, 9.17) is 4.74 Å². The molecule has 0 bridgehead atoms. The molecule has 7 nitrogen and oxygen atoms in total. The molecule has 2 aromatic carbocycles. The Morgan fingerprint density at radius 1 is 1.12 bits per heavy atom. The zero-order valence-electron chi connectivity index (χ0n) is 17.9. The minimum atomic E-state index is -1.01. The summed E-state index contributed by atoms with van der Waals surface area (Å²) in [7, 11) is 0. The summed E-state index contributed by atoms with van der Waals surface area (Å²) in [5, 5.41) is 12.7. The molecule has 2 atom stereocenters. The zero-order valence-corrected chi connectivity index (χ0v) is 17.9. The van der Waals surface area contributed by atoms with Crippen LogP contribution < -0.4 is 5.32 Å². The van der Waals surface area contributed by atoms with Gasteiger partial charge in [-0.3, -0.25) is 9.59 Å². The van der Waals surface area contributed by atoms with E-state index < -0.39 is 42.4 Å². The third-order valence-electron chi connectivity index (χ3n) is 5.49. The smallest absolute Gasteiger partial charge is 0.329 e. The van der Waals surface area contributed by atoms with Crippen LogP contribution in [-0.4, -0.2) is 59.6 Å². The molecule has 2 unspecified atom stereocenters. The number of hydrogen-bond donors (Lipinski definition) is 2. The minimum absolute atomic E-state index is 0.0107. The number of benzene rings is 2. The number of carbonyl (C=O) groups is 3. The fourth-order valence-corrected chi connectivity index (χ4v) is 3.73. The van der Waals surface area contributed by atoms with Crippen molar-refractivity contribution in [2.24, 2.45) is 0 Å². The van der Waals surface area contributed by atoms with E-state index in [9.17, 15) is 23.9 Å². The fraction of sp³-hybridized carbons (Fsp3) is 0.375. The molecule has 1 saturated heterocycles. The van der Waals surface area contributed by atoms with Crippen molar-refractivity contribution in [2.75, 3.05) is 19.7 Å². The molecule has 1 heterocycles. The van der Waals surface area contributed by atoms with E-state index in [1.54, 1.807) is 6.07 Å². The first kappa shape index (κ1) is 23.4. The van der Waals surface area contributed by atoms with Gasteiger partial charge in [0.1, 0.15) is 11.9 Å². The SMILES string of the molecule is Cc1ccccc1CCNC(=O)COC(=O)C1CC(O)CN1C(=O)Cc1ccccc1F. The largest absolute Gasteiger partial charge is 0.454 e. The number of likely N-dealkylation sites (tertiary alicyclic amines) is 1. The quantitative estimate of drug-likeness (QED) is 0.605. The Balaban J connectivity index is 1.48. The van der Waals surface area contributed by atoms with Gasteiger partial charge in [-0.15, -0.1) is 0 Å². The highest BCUT2D eigenvalue weighted by Crippen LogP contribution is 2.21. The minimum Gasteiger partial charge on any atom is -0.454 e. The maximum Gasteiger partial charge on any atom is 0.329 e. The van der Waals surface area contributed by atoms with Crippen LogP contribution in [0, 0.1) is 12.7 Å². The van der Waals surface area contributed by atoms with Crippen molar-refractivity contribution in [2.45, 2.75) is 38.3 Å². The van der Waals surface area contributed by atoms with E-state index in [1.165, 1.54) is 23.1 Å². The van der Waals surface area contributed by atoms with Gasteiger partial charge < -0.3 is 20.1 Å². The summed E-state index contributed by atoms with van der Waals surface area (Å²) in [6.07, 6.45) is -0.459. The number of halogens is 1. The van der Waals surface area contributed by atoms with Gasteiger partial charge >= 0.3 is 5.97 Å². The summed E-state index contributed by atoms with van der Waals surface area (Å²) < 4.78 is 18.9. The summed E-state index contributed by atoms with van der Waals surface area (Å²) in [6, 6.07) is 12.7. The maximum absolute atomic E-state index is 13.9. The first-order valence-corrected chi connectivity index (χ1v) is 10.5. The highest BCUT2D eigenvalue weighted by atomic mass is 19.1. The Morgan fingerprint density at radius 3 is 2.53 bits per heavy atom. The number of rotatable bonds is 8. The van der Waals surface area contributed by atoms with Crippen LogP contribution in [0.5, 0.6) is 0 Å². The molecular formula is C24H27FN2O5. The second-order valence-corrected chi connectivity index (χ2v) is 7.85. The molecule has 1 aliphatic rings. The predicted octanol–water partition coefficient (Wildman–Crippen LogP) is 1.54. The molecule has 0 saturated carbocycles. The van der Waals surface area contributed by atoms with E-state index in [0.29, 0.717) is 13.0 Å². The molecule has 1 fully saturated rings. The number of nitrogens with zero attached hydrogens (tertiary/aromatic N) is 1. The van der Waals surface area contributed by atoms with E-state index >= 15 is 0 Å². The molecule has 0 radical (unpaired) electrons. The van der Waals surface area contributed by atoms with Crippen LogP contribution in [-0.2, 0) is 32.0 Å². The van der Waals surface area contributed by atoms with Crippen molar-refractivity contribution in [3.8, 4) is 0 Å². The van der Waals surface area contributed by atoms with Gasteiger partial charge in [0.2, 0.25) is 5.91 Å². The number of aliphatic hydroxyl groups is 1. The van der Waals surface area contributed by atoms with Crippen molar-refractivity contribution in [3.63, 3.8) is 0 Å². The lowest BCUT2D eigenvalue weighted by molar-refractivity contribution is -0.155. The predicted molar refractivity (Wildman–Crippen MR) is 115 cm³/mol. The van der Waals surface area contributed by atoms with Crippen LogP contribution in [0.1, 0.15) is 23.1 Å². The third kappa shape index (κ3) is 6.13. The molecule has 2 N–H and O–H groups in total. The average Bonchev–Trinajstić information content (AvgIpc) is 3.17. The van der Waals surface area contributed by atoms with Gasteiger partial charge in [0.05, 0.1) is 12.5 Å².